The van der Waals surface area contributed by atoms with E-state index in [1.165, 1.54) is 0 Å². The molecule has 0 heterocycles. The minimum absolute atomic E-state index is 0.0889. The summed E-state index contributed by atoms with van der Waals surface area (Å²) in [6.45, 7) is 8.71. The first-order chi connectivity index (χ1) is 7.33. The maximum Gasteiger partial charge on any atom is 0.165 e. The first kappa shape index (κ1) is 11.7. The Kier molecular flexibility index (Phi) is 2.45. The van der Waals surface area contributed by atoms with Crippen LogP contribution in [-0.4, -0.2) is 12.9 Å². The highest BCUT2D eigenvalue weighted by molar-refractivity contribution is 5.98. The Morgan fingerprint density at radius 1 is 1.31 bits per heavy atom. The molecule has 2 heteroatoms. The molecule has 0 aromatic heterocycles. The summed E-state index contributed by atoms with van der Waals surface area (Å²) in [5, 5.41) is 0. The van der Waals surface area contributed by atoms with Crippen molar-refractivity contribution in [3.8, 4) is 0 Å². The number of carbonyl (C=O) groups is 1. The van der Waals surface area contributed by atoms with Gasteiger partial charge in [-0.2, -0.15) is 0 Å². The van der Waals surface area contributed by atoms with Crippen molar-refractivity contribution in [3.05, 3.63) is 11.3 Å². The van der Waals surface area contributed by atoms with Crippen molar-refractivity contribution in [2.24, 2.45) is 16.7 Å². The molecule has 2 bridgehead atoms. The molecule has 1 fully saturated rings. The number of allylic oxidation sites excluding steroid dienone is 2. The van der Waals surface area contributed by atoms with Gasteiger partial charge in [-0.1, -0.05) is 20.8 Å². The Balaban J connectivity index is 2.53. The normalized spacial score (nSPS) is 37.6. The number of hydrogen-bond donors (Lipinski definition) is 0. The summed E-state index contributed by atoms with van der Waals surface area (Å²) in [7, 11) is 1.68. The van der Waals surface area contributed by atoms with Gasteiger partial charge in [0.15, 0.2) is 5.78 Å². The fraction of sp³-hybridized carbons (Fsp3) is 0.786. The molecule has 0 radical (unpaired) electrons. The van der Waals surface area contributed by atoms with E-state index in [-0.39, 0.29) is 16.7 Å². The molecule has 0 amide bonds. The number of ketones is 1. The molecule has 0 N–H and O–H groups in total. The fourth-order valence-corrected chi connectivity index (χ4v) is 3.45. The third-order valence-corrected chi connectivity index (χ3v) is 5.31. The second kappa shape index (κ2) is 3.35. The minimum atomic E-state index is 0.0889. The summed E-state index contributed by atoms with van der Waals surface area (Å²) in [4.78, 5) is 12.4. The lowest BCUT2D eigenvalue weighted by molar-refractivity contribution is -0.122. The van der Waals surface area contributed by atoms with Gasteiger partial charge in [-0.15, -0.1) is 0 Å². The summed E-state index contributed by atoms with van der Waals surface area (Å²) in [6, 6.07) is 0. The van der Waals surface area contributed by atoms with E-state index in [2.05, 4.69) is 20.8 Å². The molecule has 0 saturated heterocycles. The highest BCUT2D eigenvalue weighted by Gasteiger charge is 2.56. The van der Waals surface area contributed by atoms with Gasteiger partial charge < -0.3 is 4.74 Å². The van der Waals surface area contributed by atoms with Crippen molar-refractivity contribution in [1.29, 1.82) is 0 Å². The molecule has 0 aliphatic heterocycles. The molecule has 0 aromatic rings. The van der Waals surface area contributed by atoms with Gasteiger partial charge >= 0.3 is 0 Å². The SMILES string of the molecule is COC1=C(C)C(=O)[C@@H]2CC[C@](C)(C1)C2(C)C. The predicted molar refractivity (Wildman–Crippen MR) is 63.9 cm³/mol. The van der Waals surface area contributed by atoms with Crippen LogP contribution in [0.2, 0.25) is 0 Å². The van der Waals surface area contributed by atoms with Crippen LogP contribution in [0.15, 0.2) is 11.3 Å². The zero-order valence-corrected chi connectivity index (χ0v) is 11.0. The molecule has 16 heavy (non-hydrogen) atoms. The molecule has 0 unspecified atom stereocenters. The largest absolute Gasteiger partial charge is 0.501 e. The number of hydrogen-bond acceptors (Lipinski definition) is 2. The molecule has 2 atom stereocenters. The predicted octanol–water partition coefficient (Wildman–Crippen LogP) is 3.32. The lowest BCUT2D eigenvalue weighted by Gasteiger charge is -2.39. The van der Waals surface area contributed by atoms with E-state index in [0.29, 0.717) is 5.78 Å². The Morgan fingerprint density at radius 2 is 1.94 bits per heavy atom. The highest BCUT2D eigenvalue weighted by Crippen LogP contribution is 2.61. The topological polar surface area (TPSA) is 26.3 Å². The van der Waals surface area contributed by atoms with Crippen molar-refractivity contribution in [1.82, 2.24) is 0 Å². The average molecular weight is 222 g/mol. The van der Waals surface area contributed by atoms with Gasteiger partial charge in [0.05, 0.1) is 7.11 Å². The summed E-state index contributed by atoms with van der Waals surface area (Å²) < 4.78 is 5.42. The number of ether oxygens (including phenoxy) is 1. The molecular formula is C14H22O2. The average Bonchev–Trinajstić information content (AvgIpc) is 2.42. The maximum atomic E-state index is 12.4. The molecule has 2 rings (SSSR count). The number of carbonyl (C=O) groups excluding carboxylic acids is 1. The van der Waals surface area contributed by atoms with Crippen molar-refractivity contribution >= 4 is 5.78 Å². The lowest BCUT2D eigenvalue weighted by atomic mass is 9.64. The second-order valence-electron chi connectivity index (χ2n) is 6.17. The van der Waals surface area contributed by atoms with Gasteiger partial charge in [0.25, 0.3) is 0 Å². The van der Waals surface area contributed by atoms with E-state index in [1.807, 2.05) is 6.92 Å². The van der Waals surface area contributed by atoms with Crippen molar-refractivity contribution in [3.63, 3.8) is 0 Å². The van der Waals surface area contributed by atoms with Crippen LogP contribution in [0.1, 0.15) is 47.0 Å². The Labute approximate surface area is 98.1 Å². The summed E-state index contributed by atoms with van der Waals surface area (Å²) in [5.41, 5.74) is 1.14. The second-order valence-corrected chi connectivity index (χ2v) is 6.17. The smallest absolute Gasteiger partial charge is 0.165 e. The quantitative estimate of drug-likeness (QED) is 0.680. The Hall–Kier alpha value is -0.790. The number of rotatable bonds is 1. The van der Waals surface area contributed by atoms with Crippen LogP contribution >= 0.6 is 0 Å². The van der Waals surface area contributed by atoms with Crippen LogP contribution in [0.3, 0.4) is 0 Å². The van der Waals surface area contributed by atoms with Crippen LogP contribution in [0.5, 0.6) is 0 Å². The molecule has 90 valence electrons. The molecule has 0 aromatic carbocycles. The summed E-state index contributed by atoms with van der Waals surface area (Å²) >= 11 is 0. The fourth-order valence-electron chi connectivity index (χ4n) is 3.45. The van der Waals surface area contributed by atoms with E-state index >= 15 is 0 Å². The molecular weight excluding hydrogens is 200 g/mol. The lowest BCUT2D eigenvalue weighted by Crippen LogP contribution is -2.35. The van der Waals surface area contributed by atoms with Gasteiger partial charge in [-0.05, 0) is 30.6 Å². The number of methoxy groups -OCH3 is 1. The summed E-state index contributed by atoms with van der Waals surface area (Å²) in [5.74, 6) is 1.40. The third kappa shape index (κ3) is 1.28. The minimum Gasteiger partial charge on any atom is -0.501 e. The maximum absolute atomic E-state index is 12.4. The monoisotopic (exact) mass is 222 g/mol. The van der Waals surface area contributed by atoms with Gasteiger partial charge in [-0.25, -0.2) is 0 Å². The van der Waals surface area contributed by atoms with E-state index in [4.69, 9.17) is 4.74 Å². The number of fused-ring (bicyclic) bond motifs is 2. The first-order valence-electron chi connectivity index (χ1n) is 6.11. The van der Waals surface area contributed by atoms with Crippen LogP contribution in [0.25, 0.3) is 0 Å². The molecule has 2 nitrogen and oxygen atoms in total. The molecule has 1 saturated carbocycles. The Morgan fingerprint density at radius 3 is 2.50 bits per heavy atom. The van der Waals surface area contributed by atoms with Crippen molar-refractivity contribution in [2.75, 3.05) is 7.11 Å². The van der Waals surface area contributed by atoms with Gasteiger partial charge in [0, 0.05) is 17.9 Å². The van der Waals surface area contributed by atoms with Crippen LogP contribution < -0.4 is 0 Å². The van der Waals surface area contributed by atoms with Crippen molar-refractivity contribution < 1.29 is 9.53 Å². The first-order valence-corrected chi connectivity index (χ1v) is 6.11. The number of Topliss-reactive ketones (excluding diaryl/α,β-unsaturated/α-hetero) is 1. The van der Waals surface area contributed by atoms with E-state index in [1.54, 1.807) is 7.11 Å². The molecule has 0 spiro atoms. The van der Waals surface area contributed by atoms with Gasteiger partial charge in [0.1, 0.15) is 5.76 Å². The van der Waals surface area contributed by atoms with E-state index in [0.717, 1.165) is 30.6 Å². The third-order valence-electron chi connectivity index (χ3n) is 5.31. The molecule has 2 aliphatic rings. The van der Waals surface area contributed by atoms with E-state index < -0.39 is 0 Å². The van der Waals surface area contributed by atoms with Gasteiger partial charge in [0.2, 0.25) is 0 Å². The van der Waals surface area contributed by atoms with Crippen molar-refractivity contribution in [2.45, 2.75) is 47.0 Å². The standard InChI is InChI=1S/C14H22O2/c1-9-11(16-5)8-14(4)7-6-10(12(9)15)13(14,2)3/h10H,6-8H2,1-5H3/t10-,14+/m0/s1. The van der Waals surface area contributed by atoms with Crippen LogP contribution in [0.4, 0.5) is 0 Å². The van der Waals surface area contributed by atoms with Crippen LogP contribution in [-0.2, 0) is 9.53 Å². The Bertz CT molecular complexity index is 365. The zero-order chi connectivity index (χ0) is 12.1. The highest BCUT2D eigenvalue weighted by atomic mass is 16.5. The zero-order valence-electron chi connectivity index (χ0n) is 11.0. The van der Waals surface area contributed by atoms with Crippen LogP contribution in [0, 0.1) is 16.7 Å². The molecule has 2 aliphatic carbocycles. The summed E-state index contributed by atoms with van der Waals surface area (Å²) in [6.07, 6.45) is 3.08. The van der Waals surface area contributed by atoms with E-state index in [9.17, 15) is 4.79 Å². The van der Waals surface area contributed by atoms with Gasteiger partial charge in [-0.3, -0.25) is 4.79 Å².